The lowest BCUT2D eigenvalue weighted by Crippen LogP contribution is -2.60. The van der Waals surface area contributed by atoms with Crippen LogP contribution in [0.2, 0.25) is 0 Å². The Bertz CT molecular complexity index is 1770. The quantitative estimate of drug-likeness (QED) is 0.258. The molecule has 2 saturated carbocycles. The summed E-state index contributed by atoms with van der Waals surface area (Å²) in [7, 11) is -0.968. The van der Waals surface area contributed by atoms with Crippen LogP contribution in [0.4, 0.5) is 4.79 Å². The molecule has 0 radical (unpaired) electrons. The predicted molar refractivity (Wildman–Crippen MR) is 182 cm³/mol. The average molecular weight is 716 g/mol. The van der Waals surface area contributed by atoms with Crippen molar-refractivity contribution in [3.63, 3.8) is 0 Å². The topological polar surface area (TPSA) is 192 Å². The number of carbonyl (C=O) groups excluding carboxylic acids is 4. The van der Waals surface area contributed by atoms with E-state index in [1.165, 1.54) is 18.1 Å². The summed E-state index contributed by atoms with van der Waals surface area (Å²) in [4.78, 5) is 60.3. The zero-order valence-corrected chi connectivity index (χ0v) is 29.9. The van der Waals surface area contributed by atoms with E-state index >= 15 is 0 Å². The van der Waals surface area contributed by atoms with Crippen LogP contribution in [-0.4, -0.2) is 104 Å². The molecule has 15 nitrogen and oxygen atoms in total. The molecule has 1 aromatic heterocycles. The van der Waals surface area contributed by atoms with Gasteiger partial charge >= 0.3 is 6.09 Å². The van der Waals surface area contributed by atoms with Gasteiger partial charge in [-0.2, -0.15) is 0 Å². The molecule has 2 heterocycles. The SMILES string of the molecule is C=C[C@@H]1C[C@]1(NC(=O)[C@@H]1C[C@@H](Oc2nccc3cc(OC)ccc23)CN1C(=O)[C@@H](NC(=O)OC(C)(C)C)[C@@H](C)OC)C(=O)NS(=O)(=O)C1CC1. The van der Waals surface area contributed by atoms with E-state index in [1.54, 1.807) is 59.2 Å². The molecule has 50 heavy (non-hydrogen) atoms. The number of rotatable bonds is 13. The number of sulfonamides is 1. The van der Waals surface area contributed by atoms with Crippen LogP contribution in [0.25, 0.3) is 10.8 Å². The van der Waals surface area contributed by atoms with Crippen molar-refractivity contribution in [2.75, 3.05) is 20.8 Å². The molecule has 1 aromatic carbocycles. The number of methoxy groups -OCH3 is 2. The number of hydrogen-bond acceptors (Lipinski definition) is 11. The van der Waals surface area contributed by atoms with Crippen LogP contribution < -0.4 is 24.8 Å². The number of carbonyl (C=O) groups is 4. The molecule has 272 valence electrons. The van der Waals surface area contributed by atoms with E-state index in [4.69, 9.17) is 18.9 Å². The van der Waals surface area contributed by atoms with Crippen molar-refractivity contribution in [2.24, 2.45) is 5.92 Å². The zero-order valence-electron chi connectivity index (χ0n) is 29.1. The Morgan fingerprint density at radius 3 is 2.46 bits per heavy atom. The van der Waals surface area contributed by atoms with Crippen molar-refractivity contribution in [2.45, 2.75) is 94.1 Å². The summed E-state index contributed by atoms with van der Waals surface area (Å²) in [5, 5.41) is 6.15. The van der Waals surface area contributed by atoms with E-state index in [-0.39, 0.29) is 25.3 Å². The van der Waals surface area contributed by atoms with Gasteiger partial charge in [0.2, 0.25) is 27.7 Å². The number of nitrogens with zero attached hydrogens (tertiary/aromatic N) is 2. The second-order valence-corrected chi connectivity index (χ2v) is 15.9. The minimum Gasteiger partial charge on any atom is -0.497 e. The first-order valence-electron chi connectivity index (χ1n) is 16.4. The van der Waals surface area contributed by atoms with E-state index in [9.17, 15) is 27.6 Å². The van der Waals surface area contributed by atoms with Crippen LogP contribution in [0.5, 0.6) is 11.6 Å². The molecule has 6 atom stereocenters. The first-order chi connectivity index (χ1) is 23.5. The average Bonchev–Trinajstić information content (AvgIpc) is 3.98. The number of amides is 4. The predicted octanol–water partition coefficient (Wildman–Crippen LogP) is 2.19. The van der Waals surface area contributed by atoms with Gasteiger partial charge in [-0.05, 0) is 76.6 Å². The second-order valence-electron chi connectivity index (χ2n) is 13.9. The minimum atomic E-state index is -3.90. The summed E-state index contributed by atoms with van der Waals surface area (Å²) in [5.41, 5.74) is -2.43. The molecule has 3 fully saturated rings. The molecular weight excluding hydrogens is 670 g/mol. The van der Waals surface area contributed by atoms with E-state index in [1.807, 2.05) is 6.07 Å². The van der Waals surface area contributed by atoms with E-state index in [0.29, 0.717) is 24.0 Å². The highest BCUT2D eigenvalue weighted by atomic mass is 32.2. The van der Waals surface area contributed by atoms with Crippen molar-refractivity contribution >= 4 is 44.6 Å². The van der Waals surface area contributed by atoms with Gasteiger partial charge in [-0.15, -0.1) is 6.58 Å². The molecule has 3 aliphatic rings. The lowest BCUT2D eigenvalue weighted by atomic mass is 10.1. The highest BCUT2D eigenvalue weighted by molar-refractivity contribution is 7.91. The first kappa shape index (κ1) is 36.8. The van der Waals surface area contributed by atoms with Gasteiger partial charge in [0.05, 0.1) is 25.0 Å². The van der Waals surface area contributed by atoms with Gasteiger partial charge in [0.25, 0.3) is 5.91 Å². The van der Waals surface area contributed by atoms with Gasteiger partial charge in [-0.1, -0.05) is 6.08 Å². The van der Waals surface area contributed by atoms with Crippen LogP contribution >= 0.6 is 0 Å². The summed E-state index contributed by atoms with van der Waals surface area (Å²) in [6.07, 6.45) is 1.62. The molecule has 2 aliphatic carbocycles. The van der Waals surface area contributed by atoms with Crippen LogP contribution in [0.3, 0.4) is 0 Å². The molecule has 0 spiro atoms. The Morgan fingerprint density at radius 1 is 1.14 bits per heavy atom. The molecule has 5 rings (SSSR count). The lowest BCUT2D eigenvalue weighted by Gasteiger charge is -2.32. The fraction of sp³-hybridized carbons (Fsp3) is 0.559. The number of likely N-dealkylation sites (tertiary alicyclic amines) is 1. The Kier molecular flexibility index (Phi) is 10.4. The van der Waals surface area contributed by atoms with Crippen molar-refractivity contribution in [1.29, 1.82) is 0 Å². The monoisotopic (exact) mass is 715 g/mol. The number of nitrogens with one attached hydrogen (secondary N) is 3. The molecule has 3 N–H and O–H groups in total. The maximum atomic E-state index is 14.3. The van der Waals surface area contributed by atoms with Crippen LogP contribution in [0.1, 0.15) is 53.4 Å². The Balaban J connectivity index is 1.44. The van der Waals surface area contributed by atoms with Gasteiger partial charge in [-0.3, -0.25) is 19.1 Å². The number of ether oxygens (including phenoxy) is 4. The van der Waals surface area contributed by atoms with Gasteiger partial charge < -0.3 is 34.5 Å². The van der Waals surface area contributed by atoms with E-state index < -0.39 is 80.4 Å². The smallest absolute Gasteiger partial charge is 0.408 e. The van der Waals surface area contributed by atoms with Crippen molar-refractivity contribution in [3.8, 4) is 11.6 Å². The first-order valence-corrected chi connectivity index (χ1v) is 18.0. The number of aromatic nitrogens is 1. The maximum Gasteiger partial charge on any atom is 0.408 e. The molecule has 16 heteroatoms. The summed E-state index contributed by atoms with van der Waals surface area (Å²) >= 11 is 0. The molecular formula is C34H45N5O10S. The Morgan fingerprint density at radius 2 is 1.86 bits per heavy atom. The highest BCUT2D eigenvalue weighted by Crippen LogP contribution is 2.45. The number of hydrogen-bond donors (Lipinski definition) is 3. The van der Waals surface area contributed by atoms with E-state index in [0.717, 1.165) is 5.39 Å². The fourth-order valence-electron chi connectivity index (χ4n) is 6.03. The van der Waals surface area contributed by atoms with Crippen molar-refractivity contribution in [3.05, 3.63) is 43.1 Å². The standard InChI is InChI=1S/C34H45N5O10S/c1-8-21-17-34(21,31(42)38-50(44,45)24-10-11-24)37-28(40)26-16-23(48-29-25-12-9-22(47-7)15-20(25)13-14-35-29)18-39(26)30(41)27(19(2)46-6)36-32(43)49-33(3,4)5/h8-9,12-15,19,21,23-24,26-27H,1,10-11,16-18H2,2-7H3,(H,36,43)(H,37,40)(H,38,42)/t19-,21-,23-,26+,27+,34-/m1/s1. The highest BCUT2D eigenvalue weighted by Gasteiger charge is 2.62. The number of fused-ring (bicyclic) bond motifs is 1. The largest absolute Gasteiger partial charge is 0.497 e. The molecule has 1 aliphatic heterocycles. The third-order valence-corrected chi connectivity index (χ3v) is 10.9. The minimum absolute atomic E-state index is 0.0108. The molecule has 2 aromatic rings. The van der Waals surface area contributed by atoms with Gasteiger partial charge in [-0.25, -0.2) is 18.2 Å². The molecule has 1 saturated heterocycles. The number of alkyl carbamates (subject to hydrolysis) is 1. The lowest BCUT2D eigenvalue weighted by molar-refractivity contribution is -0.143. The number of pyridine rings is 1. The van der Waals surface area contributed by atoms with Crippen LogP contribution in [-0.2, 0) is 33.9 Å². The van der Waals surface area contributed by atoms with Gasteiger partial charge in [0.1, 0.15) is 35.1 Å². The van der Waals surface area contributed by atoms with Crippen LogP contribution in [0, 0.1) is 5.92 Å². The Hall–Kier alpha value is -4.44. The fourth-order valence-corrected chi connectivity index (χ4v) is 7.39. The summed E-state index contributed by atoms with van der Waals surface area (Å²) < 4.78 is 49.9. The van der Waals surface area contributed by atoms with Crippen molar-refractivity contribution < 1.29 is 46.5 Å². The third kappa shape index (κ3) is 7.96. The zero-order chi connectivity index (χ0) is 36.6. The molecule has 4 amide bonds. The van der Waals surface area contributed by atoms with Gasteiger partial charge in [0.15, 0.2) is 0 Å². The van der Waals surface area contributed by atoms with Crippen molar-refractivity contribution in [1.82, 2.24) is 25.2 Å². The summed E-state index contributed by atoms with van der Waals surface area (Å²) in [6, 6.07) is 4.71. The van der Waals surface area contributed by atoms with E-state index in [2.05, 4.69) is 26.9 Å². The summed E-state index contributed by atoms with van der Waals surface area (Å²) in [5.74, 6) is -1.85. The number of benzene rings is 1. The van der Waals surface area contributed by atoms with Crippen LogP contribution in [0.15, 0.2) is 43.1 Å². The third-order valence-electron chi connectivity index (χ3n) is 9.09. The Labute approximate surface area is 291 Å². The van der Waals surface area contributed by atoms with Gasteiger partial charge in [0, 0.05) is 31.0 Å². The molecule has 0 bridgehead atoms. The maximum absolute atomic E-state index is 14.3. The molecule has 0 unspecified atom stereocenters. The summed E-state index contributed by atoms with van der Waals surface area (Å²) in [6.45, 7) is 10.3. The second kappa shape index (κ2) is 14.1. The normalized spacial score (nSPS) is 24.4.